The Balaban J connectivity index is 1.70. The van der Waals surface area contributed by atoms with Gasteiger partial charge in [-0.3, -0.25) is 4.79 Å². The van der Waals surface area contributed by atoms with Crippen LogP contribution in [0.5, 0.6) is 0 Å². The number of hydrogen-bond donors (Lipinski definition) is 1. The minimum Gasteiger partial charge on any atom is -0.366 e. The molecule has 0 saturated heterocycles. The molecule has 116 valence electrons. The van der Waals surface area contributed by atoms with Crippen molar-refractivity contribution in [1.82, 2.24) is 10.1 Å². The third-order valence-electron chi connectivity index (χ3n) is 4.61. The highest BCUT2D eigenvalue weighted by atomic mass is 16.5. The average molecular weight is 299 g/mol. The van der Waals surface area contributed by atoms with Crippen LogP contribution in [0, 0.1) is 0 Å². The standard InChI is InChI=1S/C17H21N3O2/c1-17(10-4-5-11-17)16-19-14(22-20-16)9-8-12-6-2-3-7-13(12)15(18)21/h2-3,6-7H,4-5,8-11H2,1H3,(H2,18,21). The molecule has 1 aromatic carbocycles. The second-order valence-corrected chi connectivity index (χ2v) is 6.30. The highest BCUT2D eigenvalue weighted by Crippen LogP contribution is 2.38. The Kier molecular flexibility index (Phi) is 3.96. The molecule has 0 spiro atoms. The molecule has 5 nitrogen and oxygen atoms in total. The molecule has 1 aliphatic carbocycles. The summed E-state index contributed by atoms with van der Waals surface area (Å²) in [6.07, 6.45) is 5.98. The largest absolute Gasteiger partial charge is 0.366 e. The van der Waals surface area contributed by atoms with Gasteiger partial charge >= 0.3 is 0 Å². The molecule has 1 amide bonds. The Labute approximate surface area is 129 Å². The number of aryl methyl sites for hydroxylation is 2. The topological polar surface area (TPSA) is 82.0 Å². The number of amides is 1. The van der Waals surface area contributed by atoms with Gasteiger partial charge in [0.1, 0.15) is 0 Å². The molecular weight excluding hydrogens is 278 g/mol. The van der Waals surface area contributed by atoms with Gasteiger partial charge in [-0.2, -0.15) is 4.98 Å². The van der Waals surface area contributed by atoms with Crippen LogP contribution < -0.4 is 5.73 Å². The lowest BCUT2D eigenvalue weighted by Gasteiger charge is -2.17. The van der Waals surface area contributed by atoms with Crippen molar-refractivity contribution in [3.8, 4) is 0 Å². The van der Waals surface area contributed by atoms with E-state index in [-0.39, 0.29) is 5.41 Å². The summed E-state index contributed by atoms with van der Waals surface area (Å²) in [5.74, 6) is 1.05. The minimum atomic E-state index is -0.403. The summed E-state index contributed by atoms with van der Waals surface area (Å²) in [5, 5.41) is 4.16. The number of carbonyl (C=O) groups excluding carboxylic acids is 1. The lowest BCUT2D eigenvalue weighted by Crippen LogP contribution is -2.18. The zero-order valence-electron chi connectivity index (χ0n) is 12.8. The molecule has 3 rings (SSSR count). The van der Waals surface area contributed by atoms with Crippen LogP contribution in [-0.2, 0) is 18.3 Å². The van der Waals surface area contributed by atoms with Crippen molar-refractivity contribution >= 4 is 5.91 Å². The fourth-order valence-electron chi connectivity index (χ4n) is 3.20. The van der Waals surface area contributed by atoms with Gasteiger partial charge in [-0.15, -0.1) is 0 Å². The monoisotopic (exact) mass is 299 g/mol. The molecule has 5 heteroatoms. The van der Waals surface area contributed by atoms with E-state index in [2.05, 4.69) is 17.1 Å². The first-order valence-corrected chi connectivity index (χ1v) is 7.79. The van der Waals surface area contributed by atoms with Crippen LogP contribution in [0.3, 0.4) is 0 Å². The van der Waals surface area contributed by atoms with E-state index in [0.29, 0.717) is 24.3 Å². The van der Waals surface area contributed by atoms with Crippen LogP contribution in [0.2, 0.25) is 0 Å². The van der Waals surface area contributed by atoms with E-state index in [1.54, 1.807) is 6.07 Å². The summed E-state index contributed by atoms with van der Waals surface area (Å²) in [6.45, 7) is 2.21. The van der Waals surface area contributed by atoms with E-state index in [4.69, 9.17) is 10.3 Å². The first kappa shape index (κ1) is 14.8. The number of hydrogen-bond acceptors (Lipinski definition) is 4. The van der Waals surface area contributed by atoms with Gasteiger partial charge in [0.15, 0.2) is 5.82 Å². The highest BCUT2D eigenvalue weighted by Gasteiger charge is 2.35. The van der Waals surface area contributed by atoms with E-state index >= 15 is 0 Å². The summed E-state index contributed by atoms with van der Waals surface area (Å²) in [6, 6.07) is 7.38. The Hall–Kier alpha value is -2.17. The van der Waals surface area contributed by atoms with Crippen molar-refractivity contribution in [1.29, 1.82) is 0 Å². The van der Waals surface area contributed by atoms with E-state index < -0.39 is 5.91 Å². The Morgan fingerprint density at radius 1 is 1.27 bits per heavy atom. The smallest absolute Gasteiger partial charge is 0.248 e. The fraction of sp³-hybridized carbons (Fsp3) is 0.471. The molecule has 2 N–H and O–H groups in total. The molecule has 1 aromatic heterocycles. The maximum atomic E-state index is 11.4. The third-order valence-corrected chi connectivity index (χ3v) is 4.61. The quantitative estimate of drug-likeness (QED) is 0.920. The van der Waals surface area contributed by atoms with Gasteiger partial charge in [-0.1, -0.05) is 43.1 Å². The summed E-state index contributed by atoms with van der Waals surface area (Å²) in [4.78, 5) is 16.0. The molecule has 0 unspecified atom stereocenters. The molecule has 0 atom stereocenters. The van der Waals surface area contributed by atoms with Crippen LogP contribution in [0.25, 0.3) is 0 Å². The van der Waals surface area contributed by atoms with E-state index in [9.17, 15) is 4.79 Å². The van der Waals surface area contributed by atoms with Crippen LogP contribution in [-0.4, -0.2) is 16.0 Å². The maximum absolute atomic E-state index is 11.4. The fourth-order valence-corrected chi connectivity index (χ4v) is 3.20. The molecule has 0 aliphatic heterocycles. The van der Waals surface area contributed by atoms with Gasteiger partial charge in [0, 0.05) is 17.4 Å². The predicted molar refractivity (Wildman–Crippen MR) is 82.5 cm³/mol. The predicted octanol–water partition coefficient (Wildman–Crippen LogP) is 2.79. The first-order chi connectivity index (χ1) is 10.6. The minimum absolute atomic E-state index is 0.0624. The zero-order valence-corrected chi connectivity index (χ0v) is 12.8. The molecule has 0 radical (unpaired) electrons. The van der Waals surface area contributed by atoms with Gasteiger partial charge in [0.2, 0.25) is 11.8 Å². The Morgan fingerprint density at radius 2 is 2.00 bits per heavy atom. The summed E-state index contributed by atoms with van der Waals surface area (Å²) >= 11 is 0. The molecule has 1 saturated carbocycles. The molecule has 1 aliphatic rings. The van der Waals surface area contributed by atoms with Crippen molar-refractivity contribution in [2.45, 2.75) is 50.9 Å². The molecular formula is C17H21N3O2. The van der Waals surface area contributed by atoms with Crippen molar-refractivity contribution in [3.63, 3.8) is 0 Å². The van der Waals surface area contributed by atoms with Crippen LogP contribution in [0.1, 0.15) is 60.2 Å². The molecule has 0 bridgehead atoms. The third kappa shape index (κ3) is 2.89. The second-order valence-electron chi connectivity index (χ2n) is 6.30. The molecule has 1 heterocycles. The zero-order chi connectivity index (χ0) is 15.6. The lowest BCUT2D eigenvalue weighted by atomic mass is 9.88. The van der Waals surface area contributed by atoms with Gasteiger partial charge in [0.25, 0.3) is 0 Å². The second kappa shape index (κ2) is 5.91. The SMILES string of the molecule is CC1(c2noc(CCc3ccccc3C(N)=O)n2)CCCC1. The molecule has 1 fully saturated rings. The Bertz CT molecular complexity index is 672. The summed E-state index contributed by atoms with van der Waals surface area (Å²) in [7, 11) is 0. The average Bonchev–Trinajstić information content (AvgIpc) is 3.15. The first-order valence-electron chi connectivity index (χ1n) is 7.79. The summed E-state index contributed by atoms with van der Waals surface area (Å²) < 4.78 is 5.39. The van der Waals surface area contributed by atoms with E-state index in [0.717, 1.165) is 24.2 Å². The van der Waals surface area contributed by atoms with Gasteiger partial charge in [0.05, 0.1) is 0 Å². The van der Waals surface area contributed by atoms with E-state index in [1.165, 1.54) is 12.8 Å². The number of benzene rings is 1. The van der Waals surface area contributed by atoms with Crippen molar-refractivity contribution in [2.75, 3.05) is 0 Å². The number of primary amides is 1. The number of aromatic nitrogens is 2. The Morgan fingerprint density at radius 3 is 2.73 bits per heavy atom. The maximum Gasteiger partial charge on any atom is 0.248 e. The molecule has 2 aromatic rings. The summed E-state index contributed by atoms with van der Waals surface area (Å²) in [5.41, 5.74) is 6.94. The number of nitrogens with two attached hydrogens (primary N) is 1. The van der Waals surface area contributed by atoms with Crippen LogP contribution in [0.15, 0.2) is 28.8 Å². The lowest BCUT2D eigenvalue weighted by molar-refractivity contribution is 0.0999. The number of nitrogens with zero attached hydrogens (tertiary/aromatic N) is 2. The van der Waals surface area contributed by atoms with Gasteiger partial charge in [-0.25, -0.2) is 0 Å². The van der Waals surface area contributed by atoms with Crippen LogP contribution >= 0.6 is 0 Å². The van der Waals surface area contributed by atoms with E-state index in [1.807, 2.05) is 18.2 Å². The highest BCUT2D eigenvalue weighted by molar-refractivity contribution is 5.94. The number of rotatable bonds is 5. The van der Waals surface area contributed by atoms with Gasteiger partial charge in [-0.05, 0) is 30.9 Å². The van der Waals surface area contributed by atoms with Crippen LogP contribution in [0.4, 0.5) is 0 Å². The van der Waals surface area contributed by atoms with Gasteiger partial charge < -0.3 is 10.3 Å². The molecule has 22 heavy (non-hydrogen) atoms. The van der Waals surface area contributed by atoms with Crippen molar-refractivity contribution < 1.29 is 9.32 Å². The van der Waals surface area contributed by atoms with Crippen molar-refractivity contribution in [3.05, 3.63) is 47.1 Å². The normalized spacial score (nSPS) is 16.8. The van der Waals surface area contributed by atoms with Crippen molar-refractivity contribution in [2.24, 2.45) is 5.73 Å². The number of carbonyl (C=O) groups is 1.